The Balaban J connectivity index is 1.53. The molecule has 0 saturated carbocycles. The van der Waals surface area contributed by atoms with Gasteiger partial charge in [0, 0.05) is 18.3 Å². The van der Waals surface area contributed by atoms with Crippen molar-refractivity contribution in [1.82, 2.24) is 9.88 Å². The zero-order valence-electron chi connectivity index (χ0n) is 14.5. The van der Waals surface area contributed by atoms with E-state index in [1.54, 1.807) is 23.1 Å². The lowest BCUT2D eigenvalue weighted by atomic mass is 10.00. The number of nitrogens with one attached hydrogen (secondary N) is 1. The molecule has 1 spiro atoms. The summed E-state index contributed by atoms with van der Waals surface area (Å²) in [5, 5.41) is 0. The normalized spacial score (nSPS) is 22.5. The number of H-pyrrole nitrogens is 1. The summed E-state index contributed by atoms with van der Waals surface area (Å²) in [6.45, 7) is 0.855. The van der Waals surface area contributed by atoms with E-state index < -0.39 is 11.4 Å². The lowest BCUT2D eigenvalue weighted by molar-refractivity contribution is -0.137. The Bertz CT molecular complexity index is 960. The molecule has 27 heavy (non-hydrogen) atoms. The SMILES string of the molecule is O=C(c1cccc(=O)[nH]1)N1CCC2(C1)CN(c1cccc(F)c1)C(=O)CO2. The Morgan fingerprint density at radius 3 is 2.74 bits per heavy atom. The van der Waals surface area contributed by atoms with Crippen molar-refractivity contribution >= 4 is 17.5 Å². The van der Waals surface area contributed by atoms with E-state index in [-0.39, 0.29) is 36.2 Å². The smallest absolute Gasteiger partial charge is 0.270 e. The van der Waals surface area contributed by atoms with Gasteiger partial charge in [-0.1, -0.05) is 12.1 Å². The summed E-state index contributed by atoms with van der Waals surface area (Å²) in [5.41, 5.74) is -0.356. The molecule has 2 aliphatic heterocycles. The maximum atomic E-state index is 13.6. The number of halogens is 1. The minimum atomic E-state index is -0.703. The molecule has 2 fully saturated rings. The number of pyridine rings is 1. The van der Waals surface area contributed by atoms with Crippen LogP contribution in [0.5, 0.6) is 0 Å². The molecular weight excluding hydrogens is 353 g/mol. The average Bonchev–Trinajstić information content (AvgIpc) is 3.07. The summed E-state index contributed by atoms with van der Waals surface area (Å²) in [6.07, 6.45) is 0.550. The zero-order chi connectivity index (χ0) is 19.0. The van der Waals surface area contributed by atoms with Crippen LogP contribution < -0.4 is 10.5 Å². The fourth-order valence-corrected chi connectivity index (χ4v) is 3.60. The lowest BCUT2D eigenvalue weighted by Gasteiger charge is -2.40. The van der Waals surface area contributed by atoms with Crippen LogP contribution in [-0.2, 0) is 9.53 Å². The molecule has 0 radical (unpaired) electrons. The van der Waals surface area contributed by atoms with Gasteiger partial charge in [0.2, 0.25) is 5.56 Å². The van der Waals surface area contributed by atoms with Gasteiger partial charge in [0.15, 0.2) is 0 Å². The number of anilines is 1. The van der Waals surface area contributed by atoms with E-state index in [0.29, 0.717) is 25.2 Å². The lowest BCUT2D eigenvalue weighted by Crippen LogP contribution is -2.56. The zero-order valence-corrected chi connectivity index (χ0v) is 14.5. The molecule has 2 aromatic rings. The van der Waals surface area contributed by atoms with Gasteiger partial charge in [-0.15, -0.1) is 0 Å². The Morgan fingerprint density at radius 2 is 1.96 bits per heavy atom. The number of carbonyl (C=O) groups excluding carboxylic acids is 2. The topological polar surface area (TPSA) is 82.7 Å². The van der Waals surface area contributed by atoms with Gasteiger partial charge in [0.25, 0.3) is 11.8 Å². The predicted octanol–water partition coefficient (Wildman–Crippen LogP) is 1.16. The van der Waals surface area contributed by atoms with Gasteiger partial charge in [-0.3, -0.25) is 14.4 Å². The Labute approximate surface area is 154 Å². The van der Waals surface area contributed by atoms with Crippen LogP contribution in [0.1, 0.15) is 16.9 Å². The first-order valence-corrected chi connectivity index (χ1v) is 8.64. The van der Waals surface area contributed by atoms with Gasteiger partial charge in [-0.05, 0) is 30.7 Å². The number of aromatic amines is 1. The predicted molar refractivity (Wildman–Crippen MR) is 95.0 cm³/mol. The second kappa shape index (κ2) is 6.62. The monoisotopic (exact) mass is 371 g/mol. The number of benzene rings is 1. The molecule has 1 aromatic carbocycles. The van der Waals surface area contributed by atoms with Crippen molar-refractivity contribution in [1.29, 1.82) is 0 Å². The number of rotatable bonds is 2. The highest BCUT2D eigenvalue weighted by atomic mass is 19.1. The Hall–Kier alpha value is -3.00. The largest absolute Gasteiger partial charge is 0.361 e. The number of ether oxygens (including phenoxy) is 1. The first kappa shape index (κ1) is 17.4. The molecule has 1 atom stereocenters. The summed E-state index contributed by atoms with van der Waals surface area (Å²) >= 11 is 0. The van der Waals surface area contributed by atoms with Crippen LogP contribution in [0, 0.1) is 5.82 Å². The molecule has 7 nitrogen and oxygen atoms in total. The Morgan fingerprint density at radius 1 is 1.15 bits per heavy atom. The average molecular weight is 371 g/mol. The molecule has 140 valence electrons. The molecule has 1 aromatic heterocycles. The Kier molecular flexibility index (Phi) is 4.27. The summed E-state index contributed by atoms with van der Waals surface area (Å²) in [5.74, 6) is -0.956. The van der Waals surface area contributed by atoms with E-state index in [4.69, 9.17) is 4.74 Å². The van der Waals surface area contributed by atoms with Crippen LogP contribution in [-0.4, -0.2) is 53.5 Å². The van der Waals surface area contributed by atoms with E-state index in [9.17, 15) is 18.8 Å². The maximum absolute atomic E-state index is 13.6. The first-order chi connectivity index (χ1) is 13.0. The van der Waals surface area contributed by atoms with Gasteiger partial charge in [0.05, 0.1) is 13.1 Å². The van der Waals surface area contributed by atoms with Crippen LogP contribution >= 0.6 is 0 Å². The molecule has 2 aliphatic rings. The fourth-order valence-electron chi connectivity index (χ4n) is 3.60. The molecule has 1 N–H and O–H groups in total. The second-order valence-corrected chi connectivity index (χ2v) is 6.84. The molecule has 0 bridgehead atoms. The molecule has 8 heteroatoms. The number of hydrogen-bond donors (Lipinski definition) is 1. The quantitative estimate of drug-likeness (QED) is 0.859. The minimum absolute atomic E-state index is 0.124. The van der Waals surface area contributed by atoms with Crippen LogP contribution in [0.15, 0.2) is 47.3 Å². The summed E-state index contributed by atoms with van der Waals surface area (Å²) in [7, 11) is 0. The van der Waals surface area contributed by atoms with Gasteiger partial charge >= 0.3 is 0 Å². The molecule has 4 rings (SSSR count). The minimum Gasteiger partial charge on any atom is -0.361 e. The van der Waals surface area contributed by atoms with Gasteiger partial charge in [-0.25, -0.2) is 4.39 Å². The number of aromatic nitrogens is 1. The third-order valence-corrected chi connectivity index (χ3v) is 4.97. The van der Waals surface area contributed by atoms with Gasteiger partial charge in [-0.2, -0.15) is 0 Å². The second-order valence-electron chi connectivity index (χ2n) is 6.84. The standard InChI is InChI=1S/C19H18FN3O4/c20-13-3-1-4-14(9-13)23-12-19(27-10-17(23)25)7-8-22(11-19)18(26)15-5-2-6-16(24)21-15/h1-6,9H,7-8,10-12H2,(H,21,24). The molecule has 2 amide bonds. The van der Waals surface area contributed by atoms with Crippen molar-refractivity contribution in [3.8, 4) is 0 Å². The summed E-state index contributed by atoms with van der Waals surface area (Å²) < 4.78 is 19.4. The molecule has 2 saturated heterocycles. The van der Waals surface area contributed by atoms with E-state index in [1.807, 2.05) is 0 Å². The first-order valence-electron chi connectivity index (χ1n) is 8.64. The molecule has 1 unspecified atom stereocenters. The third kappa shape index (κ3) is 3.35. The number of nitrogens with zero attached hydrogens (tertiary/aromatic N) is 2. The fraction of sp³-hybridized carbons (Fsp3) is 0.316. The number of likely N-dealkylation sites (tertiary alicyclic amines) is 1. The van der Waals surface area contributed by atoms with Gasteiger partial charge < -0.3 is 19.5 Å². The van der Waals surface area contributed by atoms with Crippen molar-refractivity contribution in [3.63, 3.8) is 0 Å². The van der Waals surface area contributed by atoms with Crippen LogP contribution in [0.25, 0.3) is 0 Å². The number of amides is 2. The summed E-state index contributed by atoms with van der Waals surface area (Å²) in [6, 6.07) is 10.3. The van der Waals surface area contributed by atoms with E-state index in [1.165, 1.54) is 29.2 Å². The maximum Gasteiger partial charge on any atom is 0.270 e. The highest BCUT2D eigenvalue weighted by Gasteiger charge is 2.46. The van der Waals surface area contributed by atoms with E-state index >= 15 is 0 Å². The highest BCUT2D eigenvalue weighted by Crippen LogP contribution is 2.32. The molecule has 3 heterocycles. The molecule has 0 aliphatic carbocycles. The third-order valence-electron chi connectivity index (χ3n) is 4.97. The van der Waals surface area contributed by atoms with E-state index in [2.05, 4.69) is 4.98 Å². The van der Waals surface area contributed by atoms with Crippen molar-refractivity contribution in [2.24, 2.45) is 0 Å². The van der Waals surface area contributed by atoms with Crippen molar-refractivity contribution in [2.75, 3.05) is 31.1 Å². The van der Waals surface area contributed by atoms with E-state index in [0.717, 1.165) is 0 Å². The van der Waals surface area contributed by atoms with Crippen LogP contribution in [0.4, 0.5) is 10.1 Å². The van der Waals surface area contributed by atoms with Gasteiger partial charge in [0.1, 0.15) is 23.7 Å². The summed E-state index contributed by atoms with van der Waals surface area (Å²) in [4.78, 5) is 42.0. The van der Waals surface area contributed by atoms with Crippen molar-refractivity contribution in [3.05, 3.63) is 64.3 Å². The number of carbonyl (C=O) groups is 2. The number of morpholine rings is 1. The van der Waals surface area contributed by atoms with Crippen molar-refractivity contribution < 1.29 is 18.7 Å². The highest BCUT2D eigenvalue weighted by molar-refractivity contribution is 5.95. The number of hydrogen-bond acceptors (Lipinski definition) is 4. The van der Waals surface area contributed by atoms with Crippen LogP contribution in [0.2, 0.25) is 0 Å². The van der Waals surface area contributed by atoms with Crippen molar-refractivity contribution in [2.45, 2.75) is 12.0 Å². The molecular formula is C19H18FN3O4. The van der Waals surface area contributed by atoms with Crippen LogP contribution in [0.3, 0.4) is 0 Å².